The lowest BCUT2D eigenvalue weighted by Gasteiger charge is -2.39. The minimum Gasteiger partial charge on any atom is -0.350 e. The standard InChI is InChI=1S/C21H23N5O2/c22-11-20(27)24-18-13-25(10-8-16(18)15-5-2-1-3-6-15)21(28)17-7-4-9-26-14-23-12-19(17)26/h1-7,9,12,14,16,18H,8,10-11,13,22H2,(H,24,27)/t16-,18+/m0/s1. The highest BCUT2D eigenvalue weighted by molar-refractivity contribution is 6.00. The molecule has 1 saturated heterocycles. The van der Waals surface area contributed by atoms with Crippen molar-refractivity contribution in [3.8, 4) is 0 Å². The number of nitrogens with two attached hydrogens (primary N) is 1. The quantitative estimate of drug-likeness (QED) is 0.719. The number of carbonyl (C=O) groups is 2. The summed E-state index contributed by atoms with van der Waals surface area (Å²) < 4.78 is 1.83. The van der Waals surface area contributed by atoms with Crippen molar-refractivity contribution >= 4 is 17.3 Å². The maximum Gasteiger partial charge on any atom is 0.256 e. The first-order chi connectivity index (χ1) is 13.7. The van der Waals surface area contributed by atoms with Crippen LogP contribution in [0.2, 0.25) is 0 Å². The van der Waals surface area contributed by atoms with Gasteiger partial charge in [0.05, 0.1) is 36.2 Å². The first-order valence-electron chi connectivity index (χ1n) is 9.41. The van der Waals surface area contributed by atoms with Crippen LogP contribution in [-0.4, -0.2) is 51.8 Å². The molecule has 4 rings (SSSR count). The summed E-state index contributed by atoms with van der Waals surface area (Å²) in [4.78, 5) is 31.1. The summed E-state index contributed by atoms with van der Waals surface area (Å²) in [5, 5.41) is 3.01. The van der Waals surface area contributed by atoms with Crippen LogP contribution in [0.4, 0.5) is 0 Å². The summed E-state index contributed by atoms with van der Waals surface area (Å²) in [6.07, 6.45) is 6.01. The fraction of sp³-hybridized carbons (Fsp3) is 0.286. The SMILES string of the molecule is NCC(=O)N[C@@H]1CN(C(=O)c2cccn3cncc23)CC[C@H]1c1ccccc1. The Morgan fingerprint density at radius 2 is 2.00 bits per heavy atom. The number of pyridine rings is 1. The van der Waals surface area contributed by atoms with E-state index in [1.165, 1.54) is 0 Å². The van der Waals surface area contributed by atoms with E-state index in [4.69, 9.17) is 5.73 Å². The minimum atomic E-state index is -0.210. The fourth-order valence-corrected chi connectivity index (χ4v) is 3.95. The maximum atomic E-state index is 13.2. The van der Waals surface area contributed by atoms with Crippen LogP contribution in [0.1, 0.15) is 28.3 Å². The van der Waals surface area contributed by atoms with E-state index in [1.54, 1.807) is 12.5 Å². The number of benzene rings is 1. The number of nitrogens with zero attached hydrogens (tertiary/aromatic N) is 3. The first kappa shape index (κ1) is 18.2. The lowest BCUT2D eigenvalue weighted by Crippen LogP contribution is -2.54. The number of hydrogen-bond donors (Lipinski definition) is 2. The number of nitrogens with one attached hydrogen (secondary N) is 1. The summed E-state index contributed by atoms with van der Waals surface area (Å²) in [7, 11) is 0. The second-order valence-electron chi connectivity index (χ2n) is 7.04. The van der Waals surface area contributed by atoms with E-state index in [0.29, 0.717) is 18.7 Å². The predicted molar refractivity (Wildman–Crippen MR) is 106 cm³/mol. The van der Waals surface area contributed by atoms with Crippen LogP contribution in [0.3, 0.4) is 0 Å². The fourth-order valence-electron chi connectivity index (χ4n) is 3.95. The number of aromatic nitrogens is 2. The van der Waals surface area contributed by atoms with E-state index in [-0.39, 0.29) is 30.3 Å². The monoisotopic (exact) mass is 377 g/mol. The van der Waals surface area contributed by atoms with Gasteiger partial charge >= 0.3 is 0 Å². The molecule has 28 heavy (non-hydrogen) atoms. The molecule has 7 nitrogen and oxygen atoms in total. The average molecular weight is 377 g/mol. The zero-order valence-electron chi connectivity index (χ0n) is 15.5. The van der Waals surface area contributed by atoms with E-state index in [1.807, 2.05) is 45.8 Å². The van der Waals surface area contributed by atoms with Gasteiger partial charge in [0, 0.05) is 25.2 Å². The number of hydrogen-bond acceptors (Lipinski definition) is 4. The molecule has 144 valence electrons. The molecule has 0 unspecified atom stereocenters. The molecule has 1 aromatic carbocycles. The maximum absolute atomic E-state index is 13.2. The van der Waals surface area contributed by atoms with Crippen LogP contribution in [0, 0.1) is 0 Å². The van der Waals surface area contributed by atoms with Gasteiger partial charge < -0.3 is 20.4 Å². The summed E-state index contributed by atoms with van der Waals surface area (Å²) >= 11 is 0. The molecule has 3 N–H and O–H groups in total. The van der Waals surface area contributed by atoms with Crippen LogP contribution < -0.4 is 11.1 Å². The normalized spacial score (nSPS) is 19.5. The highest BCUT2D eigenvalue weighted by Gasteiger charge is 2.34. The molecule has 0 saturated carbocycles. The van der Waals surface area contributed by atoms with Gasteiger partial charge in [0.15, 0.2) is 0 Å². The molecule has 3 heterocycles. The minimum absolute atomic E-state index is 0.0513. The van der Waals surface area contributed by atoms with Crippen LogP contribution in [-0.2, 0) is 4.79 Å². The molecule has 0 aliphatic carbocycles. The zero-order chi connectivity index (χ0) is 19.5. The third kappa shape index (κ3) is 3.48. The molecule has 2 aromatic heterocycles. The number of rotatable bonds is 4. The zero-order valence-corrected chi connectivity index (χ0v) is 15.5. The van der Waals surface area contributed by atoms with Gasteiger partial charge in [0.25, 0.3) is 5.91 Å². The molecule has 7 heteroatoms. The largest absolute Gasteiger partial charge is 0.350 e. The van der Waals surface area contributed by atoms with Crippen LogP contribution in [0.15, 0.2) is 61.2 Å². The van der Waals surface area contributed by atoms with Crippen molar-refractivity contribution in [1.82, 2.24) is 19.6 Å². The molecular formula is C21H23N5O2. The van der Waals surface area contributed by atoms with Crippen molar-refractivity contribution < 1.29 is 9.59 Å². The third-order valence-electron chi connectivity index (χ3n) is 5.34. The second kappa shape index (κ2) is 7.82. The van der Waals surface area contributed by atoms with Crippen molar-refractivity contribution in [1.29, 1.82) is 0 Å². The molecule has 1 aliphatic heterocycles. The topological polar surface area (TPSA) is 92.7 Å². The molecule has 3 aromatic rings. The van der Waals surface area contributed by atoms with Gasteiger partial charge in [-0.15, -0.1) is 0 Å². The Kier molecular flexibility index (Phi) is 5.08. The van der Waals surface area contributed by atoms with Gasteiger partial charge in [0.1, 0.15) is 0 Å². The lowest BCUT2D eigenvalue weighted by atomic mass is 9.85. The molecule has 1 fully saturated rings. The number of fused-ring (bicyclic) bond motifs is 1. The molecule has 1 aliphatic rings. The van der Waals surface area contributed by atoms with E-state index >= 15 is 0 Å². The van der Waals surface area contributed by atoms with Gasteiger partial charge in [-0.05, 0) is 24.1 Å². The lowest BCUT2D eigenvalue weighted by molar-refractivity contribution is -0.120. The molecule has 2 amide bonds. The van der Waals surface area contributed by atoms with Gasteiger partial charge in [-0.3, -0.25) is 9.59 Å². The van der Waals surface area contributed by atoms with Crippen molar-refractivity contribution in [2.24, 2.45) is 5.73 Å². The Morgan fingerprint density at radius 3 is 2.79 bits per heavy atom. The third-order valence-corrected chi connectivity index (χ3v) is 5.34. The summed E-state index contributed by atoms with van der Waals surface area (Å²) in [6.45, 7) is 1.00. The smallest absolute Gasteiger partial charge is 0.256 e. The van der Waals surface area contributed by atoms with Crippen molar-refractivity contribution in [3.63, 3.8) is 0 Å². The first-order valence-corrected chi connectivity index (χ1v) is 9.41. The van der Waals surface area contributed by atoms with E-state index < -0.39 is 0 Å². The van der Waals surface area contributed by atoms with Gasteiger partial charge in [-0.25, -0.2) is 4.98 Å². The van der Waals surface area contributed by atoms with Crippen molar-refractivity contribution in [2.75, 3.05) is 19.6 Å². The molecule has 0 spiro atoms. The van der Waals surface area contributed by atoms with Crippen LogP contribution >= 0.6 is 0 Å². The summed E-state index contributed by atoms with van der Waals surface area (Å²) in [5.74, 6) is -0.116. The summed E-state index contributed by atoms with van der Waals surface area (Å²) in [5.41, 5.74) is 8.06. The van der Waals surface area contributed by atoms with Gasteiger partial charge in [-0.1, -0.05) is 30.3 Å². The molecular weight excluding hydrogens is 354 g/mol. The summed E-state index contributed by atoms with van der Waals surface area (Å²) in [6, 6.07) is 13.6. The van der Waals surface area contributed by atoms with Crippen molar-refractivity contribution in [2.45, 2.75) is 18.4 Å². The Labute approximate surface area is 163 Å². The van der Waals surface area contributed by atoms with E-state index in [2.05, 4.69) is 22.4 Å². The Bertz CT molecular complexity index is 985. The molecule has 0 bridgehead atoms. The highest BCUT2D eigenvalue weighted by atomic mass is 16.2. The number of likely N-dealkylation sites (tertiary alicyclic amines) is 1. The number of amides is 2. The highest BCUT2D eigenvalue weighted by Crippen LogP contribution is 2.29. The predicted octanol–water partition coefficient (Wildman–Crippen LogP) is 1.41. The van der Waals surface area contributed by atoms with Gasteiger partial charge in [0.2, 0.25) is 5.91 Å². The molecule has 2 atom stereocenters. The number of imidazole rings is 1. The Hall–Kier alpha value is -3.19. The number of carbonyl (C=O) groups excluding carboxylic acids is 2. The Morgan fingerprint density at radius 1 is 1.18 bits per heavy atom. The average Bonchev–Trinajstić information content (AvgIpc) is 3.22. The van der Waals surface area contributed by atoms with Crippen LogP contribution in [0.25, 0.3) is 5.52 Å². The van der Waals surface area contributed by atoms with E-state index in [0.717, 1.165) is 17.5 Å². The Balaban J connectivity index is 1.59. The van der Waals surface area contributed by atoms with Crippen molar-refractivity contribution in [3.05, 3.63) is 72.3 Å². The molecule has 0 radical (unpaired) electrons. The van der Waals surface area contributed by atoms with Gasteiger partial charge in [-0.2, -0.15) is 0 Å². The van der Waals surface area contributed by atoms with Crippen LogP contribution in [0.5, 0.6) is 0 Å². The second-order valence-corrected chi connectivity index (χ2v) is 7.04. The number of piperidine rings is 1. The van der Waals surface area contributed by atoms with E-state index in [9.17, 15) is 9.59 Å².